The lowest BCUT2D eigenvalue weighted by atomic mass is 10.1. The van der Waals surface area contributed by atoms with E-state index < -0.39 is 4.92 Å². The Labute approximate surface area is 92.2 Å². The first kappa shape index (κ1) is 12.0. The van der Waals surface area contributed by atoms with Crippen LogP contribution in [-0.4, -0.2) is 17.3 Å². The lowest BCUT2D eigenvalue weighted by Crippen LogP contribution is -2.07. The quantitative estimate of drug-likeness (QED) is 0.364. The molecular formula is C10H12N2O4. The first-order valence-corrected chi connectivity index (χ1v) is 4.69. The van der Waals surface area contributed by atoms with Gasteiger partial charge in [0.25, 0.3) is 5.69 Å². The number of ether oxygens (including phenoxy) is 1. The topological polar surface area (TPSA) is 95.5 Å². The predicted octanol–water partition coefficient (Wildman–Crippen LogP) is 1.78. The summed E-state index contributed by atoms with van der Waals surface area (Å²) in [6.07, 6.45) is 0. The van der Waals surface area contributed by atoms with E-state index in [9.17, 15) is 14.9 Å². The normalized spacial score (nSPS) is 9.88. The third-order valence-electron chi connectivity index (χ3n) is 2.03. The van der Waals surface area contributed by atoms with Crippen molar-refractivity contribution in [1.29, 1.82) is 0 Å². The number of carbonyl (C=O) groups is 1. The van der Waals surface area contributed by atoms with Crippen molar-refractivity contribution in [3.63, 3.8) is 0 Å². The van der Waals surface area contributed by atoms with Crippen molar-refractivity contribution in [2.45, 2.75) is 13.8 Å². The van der Waals surface area contributed by atoms with E-state index in [-0.39, 0.29) is 28.5 Å². The Morgan fingerprint density at radius 3 is 2.62 bits per heavy atom. The number of rotatable bonds is 4. The summed E-state index contributed by atoms with van der Waals surface area (Å²) in [5.74, 6) is -0.0808. The van der Waals surface area contributed by atoms with Gasteiger partial charge in [0.15, 0.2) is 5.78 Å². The smallest absolute Gasteiger partial charge is 0.293 e. The first-order chi connectivity index (χ1) is 7.49. The lowest BCUT2D eigenvalue weighted by molar-refractivity contribution is -0.383. The van der Waals surface area contributed by atoms with Crippen molar-refractivity contribution in [1.82, 2.24) is 0 Å². The molecule has 0 atom stereocenters. The van der Waals surface area contributed by atoms with Gasteiger partial charge >= 0.3 is 0 Å². The van der Waals surface area contributed by atoms with Crippen LogP contribution in [0.3, 0.4) is 0 Å². The highest BCUT2D eigenvalue weighted by Crippen LogP contribution is 2.32. The van der Waals surface area contributed by atoms with Crippen LogP contribution in [0.15, 0.2) is 12.1 Å². The third-order valence-corrected chi connectivity index (χ3v) is 2.03. The maximum atomic E-state index is 11.4. The van der Waals surface area contributed by atoms with Crippen molar-refractivity contribution in [3.05, 3.63) is 27.8 Å². The molecular weight excluding hydrogens is 212 g/mol. The van der Waals surface area contributed by atoms with Gasteiger partial charge in [0.2, 0.25) is 0 Å². The fourth-order valence-electron chi connectivity index (χ4n) is 1.39. The average Bonchev–Trinajstić information content (AvgIpc) is 2.17. The molecule has 16 heavy (non-hydrogen) atoms. The monoisotopic (exact) mass is 224 g/mol. The number of Topliss-reactive ketones (excluding diaryl/α,β-unsaturated/α-hetero) is 1. The number of nitrogen functional groups attached to an aromatic ring is 1. The molecule has 0 saturated heterocycles. The van der Waals surface area contributed by atoms with E-state index in [0.29, 0.717) is 6.61 Å². The van der Waals surface area contributed by atoms with E-state index in [4.69, 9.17) is 10.5 Å². The fourth-order valence-corrected chi connectivity index (χ4v) is 1.39. The standard InChI is InChI=1S/C10H12N2O4/c1-3-16-8-5-4-7(12(14)15)10(11)9(8)6(2)13/h4-5H,3,11H2,1-2H3. The van der Waals surface area contributed by atoms with E-state index in [1.165, 1.54) is 19.1 Å². The van der Waals surface area contributed by atoms with Gasteiger partial charge in [0.05, 0.1) is 17.1 Å². The van der Waals surface area contributed by atoms with Gasteiger partial charge in [-0.2, -0.15) is 0 Å². The van der Waals surface area contributed by atoms with E-state index in [1.807, 2.05) is 0 Å². The van der Waals surface area contributed by atoms with Crippen LogP contribution in [0, 0.1) is 10.1 Å². The summed E-state index contributed by atoms with van der Waals surface area (Å²) in [5, 5.41) is 10.6. The fraction of sp³-hybridized carbons (Fsp3) is 0.300. The van der Waals surface area contributed by atoms with Gasteiger partial charge < -0.3 is 10.5 Å². The number of hydrogen-bond acceptors (Lipinski definition) is 5. The molecule has 0 aliphatic rings. The second-order valence-corrected chi connectivity index (χ2v) is 3.12. The molecule has 0 aliphatic heterocycles. The Morgan fingerprint density at radius 2 is 2.19 bits per heavy atom. The van der Waals surface area contributed by atoms with E-state index in [2.05, 4.69) is 0 Å². The van der Waals surface area contributed by atoms with Crippen LogP contribution < -0.4 is 10.5 Å². The molecule has 0 amide bonds. The van der Waals surface area contributed by atoms with Gasteiger partial charge in [0, 0.05) is 6.07 Å². The van der Waals surface area contributed by atoms with E-state index in [0.717, 1.165) is 0 Å². The Kier molecular flexibility index (Phi) is 3.44. The highest BCUT2D eigenvalue weighted by Gasteiger charge is 2.21. The Hall–Kier alpha value is -2.11. The highest BCUT2D eigenvalue weighted by atomic mass is 16.6. The van der Waals surface area contributed by atoms with Gasteiger partial charge in [-0.05, 0) is 19.9 Å². The first-order valence-electron chi connectivity index (χ1n) is 4.69. The predicted molar refractivity (Wildman–Crippen MR) is 58.7 cm³/mol. The number of hydrogen-bond donors (Lipinski definition) is 1. The maximum absolute atomic E-state index is 11.4. The summed E-state index contributed by atoms with van der Waals surface area (Å²) in [6, 6.07) is 2.61. The molecule has 6 nitrogen and oxygen atoms in total. The van der Waals surface area contributed by atoms with Gasteiger partial charge in [-0.25, -0.2) is 0 Å². The molecule has 0 saturated carbocycles. The van der Waals surface area contributed by atoms with Crippen molar-refractivity contribution < 1.29 is 14.5 Å². The summed E-state index contributed by atoms with van der Waals surface area (Å²) in [6.45, 7) is 3.40. The van der Waals surface area contributed by atoms with Crippen LogP contribution in [0.5, 0.6) is 5.75 Å². The number of nitro benzene ring substituents is 1. The molecule has 0 fully saturated rings. The number of nitrogens with zero attached hydrogens (tertiary/aromatic N) is 1. The molecule has 6 heteroatoms. The van der Waals surface area contributed by atoms with Crippen LogP contribution in [0.2, 0.25) is 0 Å². The number of nitro groups is 1. The summed E-state index contributed by atoms with van der Waals surface area (Å²) in [4.78, 5) is 21.4. The van der Waals surface area contributed by atoms with Crippen LogP contribution in [0.1, 0.15) is 24.2 Å². The Bertz CT molecular complexity index is 443. The van der Waals surface area contributed by atoms with Crippen molar-refractivity contribution in [2.24, 2.45) is 0 Å². The molecule has 0 spiro atoms. The Balaban J connectivity index is 3.41. The zero-order valence-corrected chi connectivity index (χ0v) is 9.02. The summed E-state index contributed by atoms with van der Waals surface area (Å²) in [7, 11) is 0. The Morgan fingerprint density at radius 1 is 1.56 bits per heavy atom. The average molecular weight is 224 g/mol. The number of ketones is 1. The maximum Gasteiger partial charge on any atom is 0.293 e. The van der Waals surface area contributed by atoms with Gasteiger partial charge in [-0.1, -0.05) is 0 Å². The van der Waals surface area contributed by atoms with Gasteiger partial charge in [-0.15, -0.1) is 0 Å². The number of anilines is 1. The minimum absolute atomic E-state index is 0.0658. The van der Waals surface area contributed by atoms with E-state index >= 15 is 0 Å². The molecule has 0 aromatic heterocycles. The van der Waals surface area contributed by atoms with Crippen LogP contribution >= 0.6 is 0 Å². The van der Waals surface area contributed by atoms with Crippen molar-refractivity contribution in [3.8, 4) is 5.75 Å². The summed E-state index contributed by atoms with van der Waals surface area (Å²) < 4.78 is 5.19. The number of carbonyl (C=O) groups excluding carboxylic acids is 1. The molecule has 0 unspecified atom stereocenters. The summed E-state index contributed by atoms with van der Waals surface area (Å²) >= 11 is 0. The highest BCUT2D eigenvalue weighted by molar-refractivity contribution is 6.03. The zero-order valence-electron chi connectivity index (χ0n) is 9.02. The molecule has 1 aromatic rings. The SMILES string of the molecule is CCOc1ccc([N+](=O)[O-])c(N)c1C(C)=O. The minimum atomic E-state index is -0.627. The van der Waals surface area contributed by atoms with Crippen molar-refractivity contribution >= 4 is 17.2 Å². The third kappa shape index (κ3) is 2.10. The second-order valence-electron chi connectivity index (χ2n) is 3.12. The number of nitrogens with two attached hydrogens (primary N) is 1. The molecule has 0 heterocycles. The zero-order chi connectivity index (χ0) is 12.3. The molecule has 0 radical (unpaired) electrons. The lowest BCUT2D eigenvalue weighted by Gasteiger charge is -2.10. The van der Waals surface area contributed by atoms with Crippen LogP contribution in [-0.2, 0) is 0 Å². The molecule has 0 aliphatic carbocycles. The van der Waals surface area contributed by atoms with Gasteiger partial charge in [0.1, 0.15) is 11.4 Å². The molecule has 2 N–H and O–H groups in total. The second kappa shape index (κ2) is 4.61. The molecule has 0 bridgehead atoms. The summed E-state index contributed by atoms with van der Waals surface area (Å²) in [5.41, 5.74) is 5.21. The van der Waals surface area contributed by atoms with Crippen LogP contribution in [0.4, 0.5) is 11.4 Å². The number of benzene rings is 1. The largest absolute Gasteiger partial charge is 0.493 e. The van der Waals surface area contributed by atoms with E-state index in [1.54, 1.807) is 6.92 Å². The molecule has 1 rings (SSSR count). The molecule has 86 valence electrons. The molecule has 1 aromatic carbocycles. The van der Waals surface area contributed by atoms with Gasteiger partial charge in [-0.3, -0.25) is 14.9 Å². The van der Waals surface area contributed by atoms with Crippen molar-refractivity contribution in [2.75, 3.05) is 12.3 Å². The van der Waals surface area contributed by atoms with Crippen LogP contribution in [0.25, 0.3) is 0 Å². The minimum Gasteiger partial charge on any atom is -0.493 e.